The molecule has 8 nitrogen and oxygen atoms in total. The largest absolute Gasteiger partial charge is 0.756 e. The van der Waals surface area contributed by atoms with Gasteiger partial charge in [-0.15, -0.1) is 0 Å². The predicted molar refractivity (Wildman–Crippen MR) is 201 cm³/mol. The fourth-order valence-corrected chi connectivity index (χ4v) is 5.65. The van der Waals surface area contributed by atoms with E-state index >= 15 is 0 Å². The van der Waals surface area contributed by atoms with E-state index in [0.717, 1.165) is 51.4 Å². The minimum absolute atomic E-state index is 0.00635. The minimum atomic E-state index is -4.56. The van der Waals surface area contributed by atoms with Gasteiger partial charge in [0.05, 0.1) is 39.9 Å². The van der Waals surface area contributed by atoms with Crippen molar-refractivity contribution in [3.63, 3.8) is 0 Å². The molecule has 1 amide bonds. The van der Waals surface area contributed by atoms with E-state index in [0.29, 0.717) is 17.4 Å². The molecular formula is C39H73N2O6P. The number of carbonyl (C=O) groups excluding carboxylic acids is 1. The summed E-state index contributed by atoms with van der Waals surface area (Å²) in [7, 11) is 1.24. The average Bonchev–Trinajstić information content (AvgIpc) is 3.02. The molecule has 0 heterocycles. The zero-order valence-corrected chi connectivity index (χ0v) is 32.3. The number of phosphoric ester groups is 1. The molecule has 3 unspecified atom stereocenters. The Labute approximate surface area is 295 Å². The predicted octanol–water partition coefficient (Wildman–Crippen LogP) is 9.11. The molecule has 0 saturated carbocycles. The van der Waals surface area contributed by atoms with Gasteiger partial charge in [-0.05, 0) is 51.4 Å². The van der Waals surface area contributed by atoms with Gasteiger partial charge in [0.25, 0.3) is 7.82 Å². The van der Waals surface area contributed by atoms with Gasteiger partial charge in [-0.2, -0.15) is 0 Å². The highest BCUT2D eigenvalue weighted by Crippen LogP contribution is 2.38. The summed E-state index contributed by atoms with van der Waals surface area (Å²) in [4.78, 5) is 24.8. The van der Waals surface area contributed by atoms with E-state index in [1.54, 1.807) is 6.08 Å². The van der Waals surface area contributed by atoms with Crippen LogP contribution in [0.25, 0.3) is 0 Å². The number of likely N-dealkylation sites (N-methyl/N-ethyl adjacent to an activating group) is 1. The highest BCUT2D eigenvalue weighted by atomic mass is 31.2. The van der Waals surface area contributed by atoms with E-state index < -0.39 is 26.6 Å². The maximum Gasteiger partial charge on any atom is 0.268 e. The van der Waals surface area contributed by atoms with Crippen molar-refractivity contribution in [1.82, 2.24) is 5.32 Å². The highest BCUT2D eigenvalue weighted by molar-refractivity contribution is 7.45. The van der Waals surface area contributed by atoms with E-state index in [1.807, 2.05) is 34.1 Å². The zero-order valence-electron chi connectivity index (χ0n) is 31.4. The number of hydrogen-bond donors (Lipinski definition) is 2. The second-order valence-corrected chi connectivity index (χ2v) is 15.3. The van der Waals surface area contributed by atoms with Crippen LogP contribution in [0.3, 0.4) is 0 Å². The number of hydrogen-bond acceptors (Lipinski definition) is 6. The molecule has 0 aliphatic rings. The number of nitrogens with zero attached hydrogens (tertiary/aromatic N) is 1. The van der Waals surface area contributed by atoms with E-state index in [1.165, 1.54) is 70.6 Å². The first-order valence-electron chi connectivity index (χ1n) is 19.0. The Morgan fingerprint density at radius 3 is 1.79 bits per heavy atom. The standard InChI is InChI=1S/C39H73N2O6P/c1-6-8-10-11-12-13-14-15-16-17-18-19-20-21-22-23-24-25-26-27-28-29-31-33-39(43)40-37(38(42)32-30-9-7-2)36-47-48(44,45)46-35-34-41(3,4)5/h14-15,17-18,20-21,30,32,37-38,42H,6-13,16,19,22-29,31,33-36H2,1-5H3,(H-,40,43,44,45)/b15-14-,18-17-,21-20-,32-30+. The zero-order chi connectivity index (χ0) is 35.8. The van der Waals surface area contributed by atoms with Crippen LogP contribution in [0.5, 0.6) is 0 Å². The monoisotopic (exact) mass is 697 g/mol. The van der Waals surface area contributed by atoms with Crippen molar-refractivity contribution in [2.45, 2.75) is 154 Å². The van der Waals surface area contributed by atoms with Crippen LogP contribution in [0.2, 0.25) is 0 Å². The van der Waals surface area contributed by atoms with E-state index in [-0.39, 0.29) is 12.5 Å². The lowest BCUT2D eigenvalue weighted by Crippen LogP contribution is -2.45. The number of nitrogens with one attached hydrogen (secondary N) is 1. The third-order valence-electron chi connectivity index (χ3n) is 8.01. The van der Waals surface area contributed by atoms with E-state index in [2.05, 4.69) is 48.7 Å². The summed E-state index contributed by atoms with van der Waals surface area (Å²) >= 11 is 0. The number of unbranched alkanes of at least 4 members (excludes halogenated alkanes) is 14. The third-order valence-corrected chi connectivity index (χ3v) is 8.98. The summed E-state index contributed by atoms with van der Waals surface area (Å²) in [6.07, 6.45) is 38.1. The molecule has 0 aliphatic carbocycles. The molecule has 0 rings (SSSR count). The topological polar surface area (TPSA) is 108 Å². The molecule has 3 atom stereocenters. The van der Waals surface area contributed by atoms with Crippen molar-refractivity contribution in [3.8, 4) is 0 Å². The van der Waals surface area contributed by atoms with Crippen LogP contribution >= 0.6 is 7.82 Å². The summed E-state index contributed by atoms with van der Waals surface area (Å²) in [5.74, 6) is -0.220. The molecule has 0 aromatic carbocycles. The Balaban J connectivity index is 4.05. The van der Waals surface area contributed by atoms with Gasteiger partial charge in [-0.25, -0.2) is 0 Å². The number of amides is 1. The van der Waals surface area contributed by atoms with Crippen LogP contribution in [0.4, 0.5) is 0 Å². The molecule has 9 heteroatoms. The summed E-state index contributed by atoms with van der Waals surface area (Å²) in [6.45, 7) is 4.38. The molecule has 0 spiro atoms. The van der Waals surface area contributed by atoms with E-state index in [4.69, 9.17) is 9.05 Å². The number of carbonyl (C=O) groups is 1. The van der Waals surface area contributed by atoms with Crippen molar-refractivity contribution < 1.29 is 32.9 Å². The Hall–Kier alpha value is -1.54. The lowest BCUT2D eigenvalue weighted by atomic mass is 10.1. The van der Waals surface area contributed by atoms with Crippen LogP contribution in [-0.2, 0) is 18.4 Å². The quantitative estimate of drug-likeness (QED) is 0.0307. The molecule has 0 radical (unpaired) electrons. The third kappa shape index (κ3) is 33.0. The molecular weight excluding hydrogens is 623 g/mol. The summed E-state index contributed by atoms with van der Waals surface area (Å²) in [6, 6.07) is -0.886. The Morgan fingerprint density at radius 2 is 1.25 bits per heavy atom. The van der Waals surface area contributed by atoms with Gasteiger partial charge in [0.2, 0.25) is 5.91 Å². The van der Waals surface area contributed by atoms with Crippen molar-refractivity contribution in [2.75, 3.05) is 40.9 Å². The molecule has 48 heavy (non-hydrogen) atoms. The van der Waals surface area contributed by atoms with E-state index in [9.17, 15) is 19.4 Å². The molecule has 0 aromatic rings. The summed E-state index contributed by atoms with van der Waals surface area (Å²) in [5, 5.41) is 13.4. The molecule has 0 aliphatic heterocycles. The Bertz CT molecular complexity index is 928. The van der Waals surface area contributed by atoms with Crippen LogP contribution in [0.1, 0.15) is 142 Å². The molecule has 0 fully saturated rings. The molecule has 2 N–H and O–H groups in total. The van der Waals surface area contributed by atoms with Crippen molar-refractivity contribution in [3.05, 3.63) is 48.6 Å². The smallest absolute Gasteiger partial charge is 0.268 e. The molecule has 280 valence electrons. The van der Waals surface area contributed by atoms with Gasteiger partial charge in [0, 0.05) is 6.42 Å². The maximum absolute atomic E-state index is 12.6. The number of aliphatic hydroxyl groups excluding tert-OH is 1. The van der Waals surface area contributed by atoms with Crippen molar-refractivity contribution >= 4 is 13.7 Å². The maximum atomic E-state index is 12.6. The van der Waals surface area contributed by atoms with Gasteiger partial charge >= 0.3 is 0 Å². The van der Waals surface area contributed by atoms with Crippen LogP contribution in [-0.4, -0.2) is 68.5 Å². The Morgan fingerprint density at radius 1 is 0.729 bits per heavy atom. The molecule has 0 bridgehead atoms. The second-order valence-electron chi connectivity index (χ2n) is 13.9. The lowest BCUT2D eigenvalue weighted by molar-refractivity contribution is -0.870. The number of phosphoric acid groups is 1. The van der Waals surface area contributed by atoms with Gasteiger partial charge < -0.3 is 28.8 Å². The lowest BCUT2D eigenvalue weighted by Gasteiger charge is -2.29. The Kier molecular flexibility index (Phi) is 30.4. The van der Waals surface area contributed by atoms with Gasteiger partial charge in [-0.1, -0.05) is 133 Å². The fraction of sp³-hybridized carbons (Fsp3) is 0.769. The van der Waals surface area contributed by atoms with Gasteiger partial charge in [-0.3, -0.25) is 9.36 Å². The van der Waals surface area contributed by atoms with Crippen LogP contribution in [0, 0.1) is 0 Å². The average molecular weight is 697 g/mol. The normalized spacial score (nSPS) is 15.2. The summed E-state index contributed by atoms with van der Waals surface area (Å²) in [5.41, 5.74) is 0. The van der Waals surface area contributed by atoms with Gasteiger partial charge in [0.15, 0.2) is 0 Å². The first-order chi connectivity index (χ1) is 23.0. The molecule has 0 saturated heterocycles. The number of allylic oxidation sites excluding steroid dienone is 7. The minimum Gasteiger partial charge on any atom is -0.756 e. The van der Waals surface area contributed by atoms with Crippen LogP contribution < -0.4 is 10.2 Å². The highest BCUT2D eigenvalue weighted by Gasteiger charge is 2.23. The SMILES string of the molecule is CCC/C=C/C(O)C(COP(=O)([O-])OCC[N+](C)(C)C)NC(=O)CCCCCCCCCC/C=C\C/C=C\C/C=C\CCCCCCC. The fourth-order valence-electron chi connectivity index (χ4n) is 4.93. The van der Waals surface area contributed by atoms with Crippen molar-refractivity contribution in [2.24, 2.45) is 0 Å². The van der Waals surface area contributed by atoms with Gasteiger partial charge in [0.1, 0.15) is 13.2 Å². The summed E-state index contributed by atoms with van der Waals surface area (Å²) < 4.78 is 22.8. The first-order valence-corrected chi connectivity index (χ1v) is 20.5. The number of quaternary nitrogens is 1. The first kappa shape index (κ1) is 46.5. The number of aliphatic hydroxyl groups is 1. The van der Waals surface area contributed by atoms with Crippen molar-refractivity contribution in [1.29, 1.82) is 0 Å². The van der Waals surface area contributed by atoms with Crippen LogP contribution in [0.15, 0.2) is 48.6 Å². The second kappa shape index (κ2) is 31.4. The molecule has 0 aromatic heterocycles. The number of rotatable bonds is 33.